The fourth-order valence-electron chi connectivity index (χ4n) is 2.27. The first-order valence-corrected chi connectivity index (χ1v) is 7.12. The third-order valence-electron chi connectivity index (χ3n) is 3.52. The smallest absolute Gasteiger partial charge is 0.0847 e. The zero-order valence-electron chi connectivity index (χ0n) is 9.33. The summed E-state index contributed by atoms with van der Waals surface area (Å²) >= 11 is 5.31. The van der Waals surface area contributed by atoms with E-state index in [1.165, 1.54) is 15.8 Å². The molecule has 0 amide bonds. The minimum atomic E-state index is -0.0574. The van der Waals surface area contributed by atoms with Crippen molar-refractivity contribution in [3.05, 3.63) is 20.8 Å². The Balaban J connectivity index is 2.08. The van der Waals surface area contributed by atoms with Crippen LogP contribution in [0.25, 0.3) is 0 Å². The average Bonchev–Trinajstić information content (AvgIpc) is 2.62. The maximum atomic E-state index is 5.67. The van der Waals surface area contributed by atoms with Crippen LogP contribution in [0.15, 0.2) is 15.9 Å². The van der Waals surface area contributed by atoms with Crippen LogP contribution < -0.4 is 11.3 Å². The zero-order valence-corrected chi connectivity index (χ0v) is 11.7. The van der Waals surface area contributed by atoms with Gasteiger partial charge in [-0.05, 0) is 46.6 Å². The lowest BCUT2D eigenvalue weighted by atomic mass is 9.73. The molecule has 2 rings (SSSR count). The molecule has 0 saturated heterocycles. The standard InChI is InChI=1S/C11H17BrN2OS/c1-15-11(4-2-5-11)10(14-13)7-9-8(12)3-6-16-9/h3,6,10,14H,2,4-5,7,13H2,1H3. The van der Waals surface area contributed by atoms with Crippen LogP contribution in [0.2, 0.25) is 0 Å². The van der Waals surface area contributed by atoms with Crippen LogP contribution in [-0.4, -0.2) is 18.8 Å². The van der Waals surface area contributed by atoms with Crippen LogP contribution in [0.4, 0.5) is 0 Å². The van der Waals surface area contributed by atoms with Crippen molar-refractivity contribution in [2.75, 3.05) is 7.11 Å². The van der Waals surface area contributed by atoms with Gasteiger partial charge in [0, 0.05) is 22.9 Å². The highest BCUT2D eigenvalue weighted by Crippen LogP contribution is 2.40. The van der Waals surface area contributed by atoms with Gasteiger partial charge in [-0.2, -0.15) is 0 Å². The summed E-state index contributed by atoms with van der Waals surface area (Å²) in [5.74, 6) is 5.67. The van der Waals surface area contributed by atoms with Crippen LogP contribution in [0, 0.1) is 0 Å². The maximum Gasteiger partial charge on any atom is 0.0847 e. The number of methoxy groups -OCH3 is 1. The highest BCUT2D eigenvalue weighted by molar-refractivity contribution is 9.10. The summed E-state index contributed by atoms with van der Waals surface area (Å²) in [6.45, 7) is 0. The second-order valence-corrected chi connectivity index (χ2v) is 6.09. The second kappa shape index (κ2) is 5.14. The fraction of sp³-hybridized carbons (Fsp3) is 0.636. The van der Waals surface area contributed by atoms with E-state index in [9.17, 15) is 0 Å². The van der Waals surface area contributed by atoms with Crippen LogP contribution in [-0.2, 0) is 11.2 Å². The van der Waals surface area contributed by atoms with E-state index in [4.69, 9.17) is 10.6 Å². The molecule has 5 heteroatoms. The Morgan fingerprint density at radius 1 is 1.69 bits per heavy atom. The van der Waals surface area contributed by atoms with Crippen molar-refractivity contribution < 1.29 is 4.74 Å². The molecule has 1 unspecified atom stereocenters. The normalized spacial score (nSPS) is 20.4. The topological polar surface area (TPSA) is 47.3 Å². The number of hydrogen-bond donors (Lipinski definition) is 2. The number of halogens is 1. The van der Waals surface area contributed by atoms with Crippen LogP contribution in [0.3, 0.4) is 0 Å². The highest BCUT2D eigenvalue weighted by Gasteiger charge is 2.44. The zero-order chi connectivity index (χ0) is 11.6. The molecule has 0 radical (unpaired) electrons. The van der Waals surface area contributed by atoms with Crippen molar-refractivity contribution in [1.82, 2.24) is 5.43 Å². The third kappa shape index (κ3) is 2.19. The predicted molar refractivity (Wildman–Crippen MR) is 70.4 cm³/mol. The molecule has 0 bridgehead atoms. The molecule has 0 aliphatic heterocycles. The molecular formula is C11H17BrN2OS. The van der Waals surface area contributed by atoms with Gasteiger partial charge in [-0.3, -0.25) is 11.3 Å². The Hall–Kier alpha value is 0.0600. The molecule has 1 aliphatic carbocycles. The molecule has 1 saturated carbocycles. The number of nitrogens with one attached hydrogen (secondary N) is 1. The Bertz CT molecular complexity index is 346. The molecule has 0 aromatic carbocycles. The Kier molecular flexibility index (Phi) is 4.02. The first-order valence-electron chi connectivity index (χ1n) is 5.45. The molecule has 3 nitrogen and oxygen atoms in total. The van der Waals surface area contributed by atoms with Crippen molar-refractivity contribution >= 4 is 27.3 Å². The van der Waals surface area contributed by atoms with E-state index in [2.05, 4.69) is 32.8 Å². The van der Waals surface area contributed by atoms with Gasteiger partial charge in [-0.15, -0.1) is 11.3 Å². The van der Waals surface area contributed by atoms with Gasteiger partial charge in [-0.25, -0.2) is 0 Å². The molecule has 0 spiro atoms. The maximum absolute atomic E-state index is 5.67. The van der Waals surface area contributed by atoms with E-state index in [-0.39, 0.29) is 11.6 Å². The monoisotopic (exact) mass is 304 g/mol. The summed E-state index contributed by atoms with van der Waals surface area (Å²) in [6.07, 6.45) is 4.35. The number of hydrogen-bond acceptors (Lipinski definition) is 4. The number of rotatable bonds is 5. The van der Waals surface area contributed by atoms with Crippen molar-refractivity contribution in [3.8, 4) is 0 Å². The largest absolute Gasteiger partial charge is 0.377 e. The molecule has 1 aromatic heterocycles. The molecule has 1 atom stereocenters. The fourth-order valence-corrected chi connectivity index (χ4v) is 3.83. The van der Waals surface area contributed by atoms with E-state index >= 15 is 0 Å². The first kappa shape index (κ1) is 12.5. The lowest BCUT2D eigenvalue weighted by Crippen LogP contribution is -2.59. The minimum absolute atomic E-state index is 0.0574. The number of thiophene rings is 1. The Morgan fingerprint density at radius 3 is 2.81 bits per heavy atom. The summed E-state index contributed by atoms with van der Waals surface area (Å²) in [7, 11) is 1.78. The van der Waals surface area contributed by atoms with E-state index in [1.54, 1.807) is 18.4 Å². The van der Waals surface area contributed by atoms with E-state index in [0.717, 1.165) is 19.3 Å². The van der Waals surface area contributed by atoms with Gasteiger partial charge in [0.25, 0.3) is 0 Å². The first-order chi connectivity index (χ1) is 7.72. The van der Waals surface area contributed by atoms with Gasteiger partial charge in [-0.1, -0.05) is 0 Å². The summed E-state index contributed by atoms with van der Waals surface area (Å²) in [4.78, 5) is 1.33. The molecule has 1 aliphatic rings. The van der Waals surface area contributed by atoms with Gasteiger partial charge in [0.1, 0.15) is 0 Å². The molecule has 90 valence electrons. The molecule has 1 fully saturated rings. The number of hydrazine groups is 1. The molecule has 1 aromatic rings. The van der Waals surface area contributed by atoms with Crippen molar-refractivity contribution in [3.63, 3.8) is 0 Å². The van der Waals surface area contributed by atoms with Crippen molar-refractivity contribution in [2.45, 2.75) is 37.3 Å². The lowest BCUT2D eigenvalue weighted by Gasteiger charge is -2.46. The average molecular weight is 305 g/mol. The van der Waals surface area contributed by atoms with Gasteiger partial charge in [0.2, 0.25) is 0 Å². The predicted octanol–water partition coefficient (Wildman–Crippen LogP) is 2.45. The molecular weight excluding hydrogens is 288 g/mol. The van der Waals surface area contributed by atoms with E-state index < -0.39 is 0 Å². The lowest BCUT2D eigenvalue weighted by molar-refractivity contribution is -0.0980. The van der Waals surface area contributed by atoms with E-state index in [1.807, 2.05) is 0 Å². The Morgan fingerprint density at radius 2 is 2.44 bits per heavy atom. The van der Waals surface area contributed by atoms with Gasteiger partial charge >= 0.3 is 0 Å². The van der Waals surface area contributed by atoms with Crippen LogP contribution in [0.1, 0.15) is 24.1 Å². The Labute approximate surface area is 108 Å². The van der Waals surface area contributed by atoms with Gasteiger partial charge in [0.05, 0.1) is 11.6 Å². The summed E-state index contributed by atoms with van der Waals surface area (Å²) in [5, 5.41) is 2.09. The van der Waals surface area contributed by atoms with E-state index in [0.29, 0.717) is 0 Å². The van der Waals surface area contributed by atoms with Gasteiger partial charge in [0.15, 0.2) is 0 Å². The number of nitrogens with two attached hydrogens (primary N) is 1. The van der Waals surface area contributed by atoms with Crippen LogP contribution >= 0.6 is 27.3 Å². The third-order valence-corrected chi connectivity index (χ3v) is 5.47. The SMILES string of the molecule is COC1(C(Cc2sccc2Br)NN)CCC1. The van der Waals surface area contributed by atoms with Crippen LogP contribution in [0.5, 0.6) is 0 Å². The summed E-state index contributed by atoms with van der Waals surface area (Å²) in [6, 6.07) is 2.27. The highest BCUT2D eigenvalue weighted by atomic mass is 79.9. The summed E-state index contributed by atoms with van der Waals surface area (Å²) < 4.78 is 6.83. The molecule has 3 N–H and O–H groups in total. The number of ether oxygens (including phenoxy) is 1. The second-order valence-electron chi connectivity index (χ2n) is 4.24. The summed E-state index contributed by atoms with van der Waals surface area (Å²) in [5.41, 5.74) is 2.86. The quantitative estimate of drug-likeness (QED) is 0.649. The minimum Gasteiger partial charge on any atom is -0.377 e. The van der Waals surface area contributed by atoms with Crippen molar-refractivity contribution in [1.29, 1.82) is 0 Å². The van der Waals surface area contributed by atoms with Gasteiger partial charge < -0.3 is 4.74 Å². The molecule has 1 heterocycles. The molecule has 16 heavy (non-hydrogen) atoms. The van der Waals surface area contributed by atoms with Crippen molar-refractivity contribution in [2.24, 2.45) is 5.84 Å².